The summed E-state index contributed by atoms with van der Waals surface area (Å²) < 4.78 is 24.1. The Morgan fingerprint density at radius 1 is 1.23 bits per heavy atom. The summed E-state index contributed by atoms with van der Waals surface area (Å²) in [6.07, 6.45) is 0.537. The minimum absolute atomic E-state index is 0.104. The van der Waals surface area contributed by atoms with Crippen molar-refractivity contribution in [1.82, 2.24) is 0 Å². The predicted octanol–water partition coefficient (Wildman–Crippen LogP) is 3.59. The van der Waals surface area contributed by atoms with Gasteiger partial charge in [0.1, 0.15) is 5.82 Å². The van der Waals surface area contributed by atoms with Crippen LogP contribution in [0.3, 0.4) is 0 Å². The summed E-state index contributed by atoms with van der Waals surface area (Å²) in [6, 6.07) is 10.6. The maximum atomic E-state index is 13.1. The van der Waals surface area contributed by atoms with Crippen LogP contribution >= 0.6 is 0 Å². The Hall–Kier alpha value is -2.89. The maximum Gasteiger partial charge on any atom is 0.291 e. The number of fused-ring (bicyclic) bond motifs is 1. The first-order chi connectivity index (χ1) is 10.6. The van der Waals surface area contributed by atoms with Gasteiger partial charge in [-0.25, -0.2) is 4.39 Å². The molecule has 1 aliphatic rings. The average molecular weight is 301 g/mol. The molecule has 0 saturated carbocycles. The van der Waals surface area contributed by atoms with Gasteiger partial charge in [-0.15, -0.1) is 0 Å². The van der Waals surface area contributed by atoms with Gasteiger partial charge in [-0.2, -0.15) is 0 Å². The van der Waals surface area contributed by atoms with Crippen molar-refractivity contribution in [3.63, 3.8) is 0 Å². The van der Waals surface area contributed by atoms with E-state index in [1.54, 1.807) is 18.2 Å². The van der Waals surface area contributed by atoms with Gasteiger partial charge in [0, 0.05) is 17.2 Å². The minimum Gasteiger partial charge on any atom is -0.493 e. The Balaban J connectivity index is 2.11. The Bertz CT molecular complexity index is 755. The van der Waals surface area contributed by atoms with Crippen molar-refractivity contribution in [1.29, 1.82) is 0 Å². The van der Waals surface area contributed by atoms with Crippen LogP contribution in [0.5, 0.6) is 11.5 Å². The molecular weight excluding hydrogens is 289 g/mol. The average Bonchev–Trinajstić information content (AvgIpc) is 2.53. The van der Waals surface area contributed by atoms with Gasteiger partial charge in [-0.1, -0.05) is 24.3 Å². The SMILES string of the molecule is COc1cccc2c1O[C@@H](c1ccc(F)cc1)C([N+](=O)[O-])=C2. The maximum absolute atomic E-state index is 13.1. The van der Waals surface area contributed by atoms with Crippen LogP contribution in [0.2, 0.25) is 0 Å². The van der Waals surface area contributed by atoms with Crippen LogP contribution in [0.15, 0.2) is 48.2 Å². The second-order valence-corrected chi connectivity index (χ2v) is 4.75. The molecule has 0 radical (unpaired) electrons. The third-order valence-electron chi connectivity index (χ3n) is 3.42. The zero-order valence-electron chi connectivity index (χ0n) is 11.7. The number of hydrogen-bond acceptors (Lipinski definition) is 4. The molecule has 0 aromatic heterocycles. The molecule has 0 amide bonds. The number of hydrogen-bond donors (Lipinski definition) is 0. The van der Waals surface area contributed by atoms with Crippen LogP contribution in [0.25, 0.3) is 6.08 Å². The van der Waals surface area contributed by atoms with Crippen LogP contribution in [0.1, 0.15) is 17.2 Å². The number of methoxy groups -OCH3 is 1. The Morgan fingerprint density at radius 2 is 1.95 bits per heavy atom. The van der Waals surface area contributed by atoms with Crippen molar-refractivity contribution >= 4 is 6.08 Å². The second kappa shape index (κ2) is 5.48. The van der Waals surface area contributed by atoms with E-state index in [-0.39, 0.29) is 5.70 Å². The normalized spacial score (nSPS) is 16.3. The van der Waals surface area contributed by atoms with E-state index >= 15 is 0 Å². The van der Waals surface area contributed by atoms with Crippen LogP contribution in [0, 0.1) is 15.9 Å². The molecule has 6 heteroatoms. The summed E-state index contributed by atoms with van der Waals surface area (Å²) in [5.41, 5.74) is 0.970. The quantitative estimate of drug-likeness (QED) is 0.642. The van der Waals surface area contributed by atoms with E-state index in [2.05, 4.69) is 0 Å². The smallest absolute Gasteiger partial charge is 0.291 e. The topological polar surface area (TPSA) is 61.6 Å². The van der Waals surface area contributed by atoms with E-state index in [0.29, 0.717) is 22.6 Å². The number of nitrogens with zero attached hydrogens (tertiary/aromatic N) is 1. The fraction of sp³-hybridized carbons (Fsp3) is 0.125. The first-order valence-electron chi connectivity index (χ1n) is 6.55. The van der Waals surface area contributed by atoms with Crippen molar-refractivity contribution in [3.05, 3.63) is 75.2 Å². The van der Waals surface area contributed by atoms with Gasteiger partial charge >= 0.3 is 0 Å². The second-order valence-electron chi connectivity index (χ2n) is 4.75. The highest BCUT2D eigenvalue weighted by atomic mass is 19.1. The molecule has 0 saturated heterocycles. The molecule has 1 heterocycles. The number of para-hydroxylation sites is 1. The summed E-state index contributed by atoms with van der Waals surface area (Å²) in [6.45, 7) is 0. The Morgan fingerprint density at radius 3 is 2.59 bits per heavy atom. The van der Waals surface area contributed by atoms with E-state index in [1.165, 1.54) is 37.5 Å². The standard InChI is InChI=1S/C16H12FNO4/c1-21-14-4-2-3-11-9-13(18(19)20)15(22-16(11)14)10-5-7-12(17)8-6-10/h2-9,15H,1H3/t15-/m0/s1. The zero-order chi connectivity index (χ0) is 15.7. The molecule has 1 atom stereocenters. The third kappa shape index (κ3) is 2.39. The van der Waals surface area contributed by atoms with Crippen LogP contribution in [0.4, 0.5) is 4.39 Å². The Kier molecular flexibility index (Phi) is 3.50. The first kappa shape index (κ1) is 14.1. The lowest BCUT2D eigenvalue weighted by Gasteiger charge is -2.24. The number of benzene rings is 2. The molecule has 0 N–H and O–H groups in total. The lowest BCUT2D eigenvalue weighted by atomic mass is 10.0. The van der Waals surface area contributed by atoms with Gasteiger partial charge in [-0.05, 0) is 18.2 Å². The molecule has 3 rings (SSSR count). The highest BCUT2D eigenvalue weighted by Gasteiger charge is 2.34. The molecule has 5 nitrogen and oxygen atoms in total. The van der Waals surface area contributed by atoms with Crippen LogP contribution in [-0.2, 0) is 0 Å². The fourth-order valence-electron chi connectivity index (χ4n) is 2.37. The molecule has 112 valence electrons. The van der Waals surface area contributed by atoms with Crippen molar-refractivity contribution in [2.24, 2.45) is 0 Å². The van der Waals surface area contributed by atoms with Gasteiger partial charge in [0.25, 0.3) is 5.70 Å². The van der Waals surface area contributed by atoms with E-state index in [4.69, 9.17) is 9.47 Å². The molecule has 0 unspecified atom stereocenters. The van der Waals surface area contributed by atoms with Crippen molar-refractivity contribution in [2.75, 3.05) is 7.11 Å². The first-order valence-corrected chi connectivity index (χ1v) is 6.55. The van der Waals surface area contributed by atoms with Gasteiger partial charge in [0.2, 0.25) is 6.10 Å². The lowest BCUT2D eigenvalue weighted by molar-refractivity contribution is -0.434. The van der Waals surface area contributed by atoms with Crippen molar-refractivity contribution in [3.8, 4) is 11.5 Å². The highest BCUT2D eigenvalue weighted by Crippen LogP contribution is 2.42. The summed E-state index contributed by atoms with van der Waals surface area (Å²) in [5.74, 6) is 0.511. The van der Waals surface area contributed by atoms with E-state index in [1.807, 2.05) is 0 Å². The zero-order valence-corrected chi connectivity index (χ0v) is 11.7. The summed E-state index contributed by atoms with van der Waals surface area (Å²) >= 11 is 0. The lowest BCUT2D eigenvalue weighted by Crippen LogP contribution is -2.20. The number of ether oxygens (including phenoxy) is 2. The van der Waals surface area contributed by atoms with Crippen molar-refractivity contribution < 1.29 is 18.8 Å². The predicted molar refractivity (Wildman–Crippen MR) is 77.7 cm³/mol. The molecule has 0 fully saturated rings. The van der Waals surface area contributed by atoms with Crippen LogP contribution in [-0.4, -0.2) is 12.0 Å². The van der Waals surface area contributed by atoms with E-state index in [9.17, 15) is 14.5 Å². The van der Waals surface area contributed by atoms with E-state index in [0.717, 1.165) is 0 Å². The van der Waals surface area contributed by atoms with Crippen LogP contribution < -0.4 is 9.47 Å². The number of halogens is 1. The minimum atomic E-state index is -0.917. The van der Waals surface area contributed by atoms with Gasteiger partial charge in [0.05, 0.1) is 12.0 Å². The monoisotopic (exact) mass is 301 g/mol. The third-order valence-corrected chi connectivity index (χ3v) is 3.42. The number of rotatable bonds is 3. The molecule has 2 aromatic rings. The molecule has 0 bridgehead atoms. The molecule has 0 aliphatic carbocycles. The van der Waals surface area contributed by atoms with E-state index < -0.39 is 16.8 Å². The molecule has 22 heavy (non-hydrogen) atoms. The summed E-state index contributed by atoms with van der Waals surface area (Å²) in [7, 11) is 1.50. The van der Waals surface area contributed by atoms with Gasteiger partial charge < -0.3 is 9.47 Å². The Labute approximate surface area is 125 Å². The number of nitro groups is 1. The largest absolute Gasteiger partial charge is 0.493 e. The molecule has 1 aliphatic heterocycles. The summed E-state index contributed by atoms with van der Waals surface area (Å²) in [5, 5.41) is 11.3. The summed E-state index contributed by atoms with van der Waals surface area (Å²) in [4.78, 5) is 10.8. The van der Waals surface area contributed by atoms with Crippen molar-refractivity contribution in [2.45, 2.75) is 6.10 Å². The highest BCUT2D eigenvalue weighted by molar-refractivity contribution is 5.66. The molecule has 0 spiro atoms. The van der Waals surface area contributed by atoms with Gasteiger partial charge in [-0.3, -0.25) is 10.1 Å². The molecular formula is C16H12FNO4. The van der Waals surface area contributed by atoms with Gasteiger partial charge in [0.15, 0.2) is 11.5 Å². The fourth-order valence-corrected chi connectivity index (χ4v) is 2.37. The molecule has 2 aromatic carbocycles.